The second-order valence-corrected chi connectivity index (χ2v) is 7.10. The summed E-state index contributed by atoms with van der Waals surface area (Å²) in [5.74, 6) is 1.70. The van der Waals surface area contributed by atoms with E-state index < -0.39 is 9.84 Å². The van der Waals surface area contributed by atoms with Gasteiger partial charge in [0.25, 0.3) is 0 Å². The van der Waals surface area contributed by atoms with E-state index in [2.05, 4.69) is 4.98 Å². The Balaban J connectivity index is 1.96. The van der Waals surface area contributed by atoms with Gasteiger partial charge in [-0.25, -0.2) is 13.4 Å². The van der Waals surface area contributed by atoms with Gasteiger partial charge in [-0.15, -0.1) is 0 Å². The van der Waals surface area contributed by atoms with E-state index in [4.69, 9.17) is 5.73 Å². The highest BCUT2D eigenvalue weighted by Crippen LogP contribution is 2.29. The molecule has 3 rings (SSSR count). The van der Waals surface area contributed by atoms with Crippen LogP contribution in [0.4, 0.5) is 5.69 Å². The normalized spacial score (nSPS) is 20.2. The Morgan fingerprint density at radius 3 is 2.78 bits per heavy atom. The maximum atomic E-state index is 11.4. The minimum absolute atomic E-state index is 0.222. The minimum Gasteiger partial charge on any atom is -0.399 e. The van der Waals surface area contributed by atoms with Crippen LogP contribution in [0, 0.1) is 0 Å². The van der Waals surface area contributed by atoms with E-state index >= 15 is 0 Å². The largest absolute Gasteiger partial charge is 0.399 e. The number of aromatic nitrogens is 2. The van der Waals surface area contributed by atoms with Crippen molar-refractivity contribution in [3.05, 3.63) is 30.4 Å². The first-order chi connectivity index (χ1) is 8.55. The van der Waals surface area contributed by atoms with Gasteiger partial charge in [0.2, 0.25) is 0 Å². The van der Waals surface area contributed by atoms with Gasteiger partial charge in [0, 0.05) is 17.8 Å². The van der Waals surface area contributed by atoms with Crippen LogP contribution in [-0.4, -0.2) is 29.3 Å². The molecule has 0 radical (unpaired) electrons. The van der Waals surface area contributed by atoms with Crippen LogP contribution in [0.1, 0.15) is 24.6 Å². The molecule has 3 heterocycles. The molecule has 18 heavy (non-hydrogen) atoms. The second-order valence-electron chi connectivity index (χ2n) is 4.80. The molecule has 2 aromatic rings. The molecule has 1 fully saturated rings. The smallest absolute Gasteiger partial charge is 0.150 e. The molecule has 5 nitrogen and oxygen atoms in total. The fraction of sp³-hybridized carbons (Fsp3) is 0.417. The third-order valence-electron chi connectivity index (χ3n) is 3.50. The lowest BCUT2D eigenvalue weighted by atomic mass is 10.0. The number of hydrogen-bond donors (Lipinski definition) is 1. The average Bonchev–Trinajstić information content (AvgIpc) is 2.72. The Bertz CT molecular complexity index is 676. The van der Waals surface area contributed by atoms with E-state index in [1.165, 1.54) is 0 Å². The number of nitrogens with two attached hydrogens (primary N) is 1. The van der Waals surface area contributed by atoms with Crippen molar-refractivity contribution < 1.29 is 8.42 Å². The van der Waals surface area contributed by atoms with Crippen LogP contribution in [0.25, 0.3) is 5.52 Å². The van der Waals surface area contributed by atoms with Gasteiger partial charge in [0.1, 0.15) is 15.7 Å². The number of nitrogen functional groups attached to an aromatic ring is 1. The van der Waals surface area contributed by atoms with Crippen molar-refractivity contribution in [2.45, 2.75) is 18.8 Å². The average molecular weight is 265 g/mol. The second kappa shape index (κ2) is 3.98. The lowest BCUT2D eigenvalue weighted by Gasteiger charge is -2.20. The lowest BCUT2D eigenvalue weighted by Crippen LogP contribution is -2.23. The summed E-state index contributed by atoms with van der Waals surface area (Å²) in [6.07, 6.45) is 5.00. The third-order valence-corrected chi connectivity index (χ3v) is 5.22. The molecule has 2 N–H and O–H groups in total. The van der Waals surface area contributed by atoms with Gasteiger partial charge in [0.05, 0.1) is 23.2 Å². The molecule has 0 unspecified atom stereocenters. The maximum absolute atomic E-state index is 11.4. The van der Waals surface area contributed by atoms with Gasteiger partial charge < -0.3 is 10.1 Å². The van der Waals surface area contributed by atoms with E-state index in [1.807, 2.05) is 22.7 Å². The molecule has 1 saturated heterocycles. The van der Waals surface area contributed by atoms with Crippen LogP contribution in [0.3, 0.4) is 0 Å². The molecular weight excluding hydrogens is 250 g/mol. The molecule has 96 valence electrons. The molecule has 2 aromatic heterocycles. The van der Waals surface area contributed by atoms with Gasteiger partial charge in [-0.1, -0.05) is 0 Å². The first-order valence-corrected chi connectivity index (χ1v) is 7.80. The molecule has 0 aliphatic carbocycles. The van der Waals surface area contributed by atoms with Crippen molar-refractivity contribution >= 4 is 21.0 Å². The predicted octanol–water partition coefficient (Wildman–Crippen LogP) is 1.21. The Morgan fingerprint density at radius 2 is 2.06 bits per heavy atom. The molecule has 6 heteroatoms. The van der Waals surface area contributed by atoms with E-state index in [-0.39, 0.29) is 17.4 Å². The number of sulfone groups is 1. The van der Waals surface area contributed by atoms with Gasteiger partial charge in [-0.05, 0) is 25.0 Å². The van der Waals surface area contributed by atoms with Crippen molar-refractivity contribution in [1.82, 2.24) is 9.38 Å². The quantitative estimate of drug-likeness (QED) is 0.840. The summed E-state index contributed by atoms with van der Waals surface area (Å²) in [5, 5.41) is 0. The fourth-order valence-electron chi connectivity index (χ4n) is 2.49. The summed E-state index contributed by atoms with van der Waals surface area (Å²) in [6, 6.07) is 3.70. The lowest BCUT2D eigenvalue weighted by molar-refractivity contribution is 0.536. The number of nitrogens with zero attached hydrogens (tertiary/aromatic N) is 2. The highest BCUT2D eigenvalue weighted by molar-refractivity contribution is 7.91. The number of pyridine rings is 1. The van der Waals surface area contributed by atoms with E-state index in [0.717, 1.165) is 11.3 Å². The summed E-state index contributed by atoms with van der Waals surface area (Å²) in [6.45, 7) is 0. The minimum atomic E-state index is -2.82. The molecule has 0 amide bonds. The summed E-state index contributed by atoms with van der Waals surface area (Å²) < 4.78 is 24.9. The van der Waals surface area contributed by atoms with Gasteiger partial charge >= 0.3 is 0 Å². The Labute approximate surface area is 106 Å². The van der Waals surface area contributed by atoms with Crippen molar-refractivity contribution in [2.75, 3.05) is 17.2 Å². The van der Waals surface area contributed by atoms with E-state index in [9.17, 15) is 8.42 Å². The molecule has 0 saturated carbocycles. The molecule has 0 spiro atoms. The van der Waals surface area contributed by atoms with Crippen molar-refractivity contribution in [1.29, 1.82) is 0 Å². The first kappa shape index (κ1) is 11.5. The Hall–Kier alpha value is -1.56. The fourth-order valence-corrected chi connectivity index (χ4v) is 3.98. The summed E-state index contributed by atoms with van der Waals surface area (Å²) >= 11 is 0. The number of anilines is 1. The zero-order valence-electron chi connectivity index (χ0n) is 9.91. The molecule has 0 bridgehead atoms. The number of rotatable bonds is 1. The van der Waals surface area contributed by atoms with Crippen LogP contribution in [0.15, 0.2) is 24.5 Å². The molecule has 1 aliphatic heterocycles. The summed E-state index contributed by atoms with van der Waals surface area (Å²) in [5.41, 5.74) is 7.39. The van der Waals surface area contributed by atoms with Crippen LogP contribution in [0.5, 0.6) is 0 Å². The van der Waals surface area contributed by atoms with E-state index in [0.29, 0.717) is 18.5 Å². The number of imidazole rings is 1. The highest BCUT2D eigenvalue weighted by atomic mass is 32.2. The highest BCUT2D eigenvalue weighted by Gasteiger charge is 2.27. The molecule has 0 atom stereocenters. The first-order valence-electron chi connectivity index (χ1n) is 5.98. The SMILES string of the molecule is Nc1ccn2c(C3CCS(=O)(=O)CC3)ncc2c1. The molecule has 0 aromatic carbocycles. The standard InChI is InChI=1S/C12H15N3O2S/c13-10-1-4-15-11(7-10)8-14-12(15)9-2-5-18(16,17)6-3-9/h1,4,7-9H,2-3,5-6,13H2. The topological polar surface area (TPSA) is 77.5 Å². The summed E-state index contributed by atoms with van der Waals surface area (Å²) in [7, 11) is -2.82. The molecule has 1 aliphatic rings. The zero-order chi connectivity index (χ0) is 12.8. The van der Waals surface area contributed by atoms with Crippen LogP contribution in [-0.2, 0) is 9.84 Å². The Morgan fingerprint density at radius 1 is 1.33 bits per heavy atom. The van der Waals surface area contributed by atoms with Crippen molar-refractivity contribution in [3.63, 3.8) is 0 Å². The van der Waals surface area contributed by atoms with Crippen LogP contribution < -0.4 is 5.73 Å². The van der Waals surface area contributed by atoms with Gasteiger partial charge in [-0.3, -0.25) is 0 Å². The number of hydrogen-bond acceptors (Lipinski definition) is 4. The van der Waals surface area contributed by atoms with Crippen molar-refractivity contribution in [3.8, 4) is 0 Å². The third kappa shape index (κ3) is 1.96. The van der Waals surface area contributed by atoms with Gasteiger partial charge in [0.15, 0.2) is 0 Å². The maximum Gasteiger partial charge on any atom is 0.150 e. The van der Waals surface area contributed by atoms with Crippen LogP contribution in [0.2, 0.25) is 0 Å². The Kier molecular flexibility index (Phi) is 2.55. The zero-order valence-corrected chi connectivity index (χ0v) is 10.7. The monoisotopic (exact) mass is 265 g/mol. The van der Waals surface area contributed by atoms with Crippen LogP contribution >= 0.6 is 0 Å². The summed E-state index contributed by atoms with van der Waals surface area (Å²) in [4.78, 5) is 4.42. The number of fused-ring (bicyclic) bond motifs is 1. The predicted molar refractivity (Wildman–Crippen MR) is 70.2 cm³/mol. The van der Waals surface area contributed by atoms with Gasteiger partial charge in [-0.2, -0.15) is 0 Å². The van der Waals surface area contributed by atoms with Crippen molar-refractivity contribution in [2.24, 2.45) is 0 Å². The van der Waals surface area contributed by atoms with E-state index in [1.54, 1.807) is 6.20 Å². The molecular formula is C12H15N3O2S.